The minimum absolute atomic E-state index is 0. The van der Waals surface area contributed by atoms with Crippen molar-refractivity contribution in [3.8, 4) is 0 Å². The zero-order valence-electron chi connectivity index (χ0n) is 10.7. The van der Waals surface area contributed by atoms with E-state index in [0.29, 0.717) is 11.9 Å². The first-order chi connectivity index (χ1) is 7.20. The van der Waals surface area contributed by atoms with E-state index in [1.807, 2.05) is 4.90 Å². The summed E-state index contributed by atoms with van der Waals surface area (Å²) in [4.78, 5) is 14.2. The highest BCUT2D eigenvalue weighted by Crippen LogP contribution is 2.19. The molecular weight excluding hydrogens is 224 g/mol. The van der Waals surface area contributed by atoms with Crippen molar-refractivity contribution >= 4 is 18.3 Å². The van der Waals surface area contributed by atoms with Gasteiger partial charge in [0.1, 0.15) is 0 Å². The second-order valence-corrected chi connectivity index (χ2v) is 4.41. The molecule has 0 aromatic rings. The summed E-state index contributed by atoms with van der Waals surface area (Å²) < 4.78 is 0. The summed E-state index contributed by atoms with van der Waals surface area (Å²) >= 11 is 0. The Balaban J connectivity index is 0.00000225. The zero-order valence-corrected chi connectivity index (χ0v) is 11.5. The molecule has 1 N–H and O–H groups in total. The molecule has 3 nitrogen and oxygen atoms in total. The van der Waals surface area contributed by atoms with Gasteiger partial charge in [0, 0.05) is 19.1 Å². The van der Waals surface area contributed by atoms with E-state index >= 15 is 0 Å². The first kappa shape index (κ1) is 15.7. The standard InChI is InChI=1S/C12H24N2O.ClH/c1-4-9-14(5-2)12(15)11-7-6-8-13-10(11)3;/h10-11,13H,4-9H2,1-3H3;1H/t10-,11-;/m1./s1. The number of amides is 1. The Morgan fingerprint density at radius 1 is 1.44 bits per heavy atom. The van der Waals surface area contributed by atoms with Gasteiger partial charge in [0.25, 0.3) is 0 Å². The average Bonchev–Trinajstić information content (AvgIpc) is 2.25. The summed E-state index contributed by atoms with van der Waals surface area (Å²) in [6, 6.07) is 0.345. The largest absolute Gasteiger partial charge is 0.343 e. The van der Waals surface area contributed by atoms with Crippen LogP contribution < -0.4 is 5.32 Å². The smallest absolute Gasteiger partial charge is 0.227 e. The van der Waals surface area contributed by atoms with Crippen molar-refractivity contribution in [2.45, 2.75) is 46.1 Å². The fourth-order valence-corrected chi connectivity index (χ4v) is 2.31. The molecule has 0 bridgehead atoms. The first-order valence-corrected chi connectivity index (χ1v) is 6.22. The maximum Gasteiger partial charge on any atom is 0.227 e. The van der Waals surface area contributed by atoms with E-state index in [4.69, 9.17) is 0 Å². The van der Waals surface area contributed by atoms with Gasteiger partial charge < -0.3 is 10.2 Å². The lowest BCUT2D eigenvalue weighted by atomic mass is 9.90. The molecule has 1 amide bonds. The SMILES string of the molecule is CCCN(CC)C(=O)[C@@H]1CCCN[C@@H]1C.Cl. The topological polar surface area (TPSA) is 32.3 Å². The number of rotatable bonds is 4. The molecule has 16 heavy (non-hydrogen) atoms. The predicted molar refractivity (Wildman–Crippen MR) is 70.0 cm³/mol. The van der Waals surface area contributed by atoms with Gasteiger partial charge in [-0.2, -0.15) is 0 Å². The number of nitrogens with one attached hydrogen (secondary N) is 1. The summed E-state index contributed by atoms with van der Waals surface area (Å²) in [5.41, 5.74) is 0. The fourth-order valence-electron chi connectivity index (χ4n) is 2.31. The van der Waals surface area contributed by atoms with Crippen LogP contribution in [0.1, 0.15) is 40.0 Å². The Hall–Kier alpha value is -0.280. The number of nitrogens with zero attached hydrogens (tertiary/aromatic N) is 1. The number of piperidine rings is 1. The number of carbonyl (C=O) groups is 1. The van der Waals surface area contributed by atoms with Crippen LogP contribution in [0, 0.1) is 5.92 Å². The normalized spacial score (nSPS) is 24.7. The lowest BCUT2D eigenvalue weighted by Gasteiger charge is -2.33. The molecule has 4 heteroatoms. The third kappa shape index (κ3) is 3.95. The Morgan fingerprint density at radius 3 is 2.62 bits per heavy atom. The summed E-state index contributed by atoms with van der Waals surface area (Å²) in [7, 11) is 0. The van der Waals surface area contributed by atoms with E-state index < -0.39 is 0 Å². The molecule has 0 aromatic carbocycles. The van der Waals surface area contributed by atoms with Crippen LogP contribution in [0.3, 0.4) is 0 Å². The highest BCUT2D eigenvalue weighted by molar-refractivity contribution is 5.85. The van der Waals surface area contributed by atoms with Crippen molar-refractivity contribution in [3.63, 3.8) is 0 Å². The molecule has 1 fully saturated rings. The Morgan fingerprint density at radius 2 is 2.12 bits per heavy atom. The Kier molecular flexibility index (Phi) is 7.77. The Bertz CT molecular complexity index is 211. The molecule has 1 saturated heterocycles. The molecule has 96 valence electrons. The van der Waals surface area contributed by atoms with Gasteiger partial charge in [0.2, 0.25) is 5.91 Å². The van der Waals surface area contributed by atoms with Gasteiger partial charge in [-0.1, -0.05) is 6.92 Å². The number of carbonyl (C=O) groups excluding carboxylic acids is 1. The van der Waals surface area contributed by atoms with Crippen LogP contribution in [0.15, 0.2) is 0 Å². The van der Waals surface area contributed by atoms with Crippen LogP contribution in [0.4, 0.5) is 0 Å². The van der Waals surface area contributed by atoms with Crippen molar-refractivity contribution < 1.29 is 4.79 Å². The lowest BCUT2D eigenvalue weighted by Crippen LogP contribution is -2.48. The van der Waals surface area contributed by atoms with Gasteiger partial charge in [-0.05, 0) is 39.7 Å². The molecule has 1 heterocycles. The van der Waals surface area contributed by atoms with Gasteiger partial charge in [-0.3, -0.25) is 4.79 Å². The van der Waals surface area contributed by atoms with Crippen molar-refractivity contribution in [3.05, 3.63) is 0 Å². The summed E-state index contributed by atoms with van der Waals surface area (Å²) in [6.07, 6.45) is 3.23. The number of hydrogen-bond acceptors (Lipinski definition) is 2. The van der Waals surface area contributed by atoms with Crippen LogP contribution in [0.2, 0.25) is 0 Å². The quantitative estimate of drug-likeness (QED) is 0.826. The second-order valence-electron chi connectivity index (χ2n) is 4.41. The third-order valence-corrected chi connectivity index (χ3v) is 3.27. The van der Waals surface area contributed by atoms with Crippen LogP contribution >= 0.6 is 12.4 Å². The molecule has 0 aromatic heterocycles. The third-order valence-electron chi connectivity index (χ3n) is 3.27. The van der Waals surface area contributed by atoms with Crippen LogP contribution in [-0.4, -0.2) is 36.5 Å². The fraction of sp³-hybridized carbons (Fsp3) is 0.917. The maximum atomic E-state index is 12.2. The van der Waals surface area contributed by atoms with E-state index in [2.05, 4.69) is 26.1 Å². The van der Waals surface area contributed by atoms with Crippen LogP contribution in [0.25, 0.3) is 0 Å². The molecule has 1 aliphatic heterocycles. The van der Waals surface area contributed by atoms with E-state index in [1.165, 1.54) is 0 Å². The minimum Gasteiger partial charge on any atom is -0.343 e. The van der Waals surface area contributed by atoms with Gasteiger partial charge in [-0.25, -0.2) is 0 Å². The maximum absolute atomic E-state index is 12.2. The van der Waals surface area contributed by atoms with Crippen molar-refractivity contribution in [1.29, 1.82) is 0 Å². The molecule has 1 rings (SSSR count). The molecule has 0 aliphatic carbocycles. The zero-order chi connectivity index (χ0) is 11.3. The minimum atomic E-state index is 0. The molecule has 0 spiro atoms. The predicted octanol–water partition coefficient (Wildman–Crippen LogP) is 2.05. The van der Waals surface area contributed by atoms with E-state index in [9.17, 15) is 4.79 Å². The molecule has 0 radical (unpaired) electrons. The summed E-state index contributed by atoms with van der Waals surface area (Å²) in [6.45, 7) is 9.12. The molecule has 0 saturated carbocycles. The van der Waals surface area contributed by atoms with Gasteiger partial charge >= 0.3 is 0 Å². The van der Waals surface area contributed by atoms with Crippen LogP contribution in [-0.2, 0) is 4.79 Å². The van der Waals surface area contributed by atoms with Crippen LogP contribution in [0.5, 0.6) is 0 Å². The Labute approximate surface area is 105 Å². The van der Waals surface area contributed by atoms with Crippen molar-refractivity contribution in [2.24, 2.45) is 5.92 Å². The highest BCUT2D eigenvalue weighted by Gasteiger charge is 2.29. The average molecular weight is 249 g/mol. The van der Waals surface area contributed by atoms with Gasteiger partial charge in [-0.15, -0.1) is 12.4 Å². The highest BCUT2D eigenvalue weighted by atomic mass is 35.5. The summed E-state index contributed by atoms with van der Waals surface area (Å²) in [5.74, 6) is 0.546. The monoisotopic (exact) mass is 248 g/mol. The van der Waals surface area contributed by atoms with E-state index in [0.717, 1.165) is 38.9 Å². The number of halogens is 1. The molecule has 0 unspecified atom stereocenters. The van der Waals surface area contributed by atoms with Gasteiger partial charge in [0.15, 0.2) is 0 Å². The van der Waals surface area contributed by atoms with Crippen molar-refractivity contribution in [1.82, 2.24) is 10.2 Å². The molecular formula is C12H25ClN2O. The van der Waals surface area contributed by atoms with Crippen molar-refractivity contribution in [2.75, 3.05) is 19.6 Å². The van der Waals surface area contributed by atoms with E-state index in [1.54, 1.807) is 0 Å². The molecule has 2 atom stereocenters. The van der Waals surface area contributed by atoms with E-state index in [-0.39, 0.29) is 18.3 Å². The van der Waals surface area contributed by atoms with Gasteiger partial charge in [0.05, 0.1) is 5.92 Å². The number of hydrogen-bond donors (Lipinski definition) is 1. The molecule has 1 aliphatic rings. The lowest BCUT2D eigenvalue weighted by molar-refractivity contribution is -0.137. The first-order valence-electron chi connectivity index (χ1n) is 6.22. The summed E-state index contributed by atoms with van der Waals surface area (Å²) in [5, 5.41) is 3.39. The second kappa shape index (κ2) is 7.91.